The van der Waals surface area contributed by atoms with Crippen molar-refractivity contribution in [2.45, 2.75) is 10.9 Å². The summed E-state index contributed by atoms with van der Waals surface area (Å²) in [5, 5.41) is 14.8. The lowest BCUT2D eigenvalue weighted by molar-refractivity contribution is -0.118. The minimum atomic E-state index is -0.0632. The molecule has 0 spiro atoms. The van der Waals surface area contributed by atoms with E-state index < -0.39 is 0 Å². The number of benzene rings is 1. The largest absolute Gasteiger partial charge is 0.454 e. The average Bonchev–Trinajstić information content (AvgIpc) is 3.27. The highest BCUT2D eigenvalue weighted by Crippen LogP contribution is 2.32. The Labute approximate surface area is 153 Å². The van der Waals surface area contributed by atoms with Crippen molar-refractivity contribution in [1.82, 2.24) is 15.5 Å². The zero-order chi connectivity index (χ0) is 17.5. The Balaban J connectivity index is 1.39. The summed E-state index contributed by atoms with van der Waals surface area (Å²) in [6.07, 6.45) is 0. The molecule has 1 aliphatic heterocycles. The number of hydrogen-bond acceptors (Lipinski definition) is 9. The first kappa shape index (κ1) is 17.8. The van der Waals surface area contributed by atoms with Gasteiger partial charge in [0.1, 0.15) is 0 Å². The molecule has 1 aromatic heterocycles. The first-order chi connectivity index (χ1) is 12.2. The fraction of sp³-hybridized carbons (Fsp3) is 0.400. The standard InChI is InChI=1S/C15H18N4O4S2/c1-21-5-4-16-14-18-19-15(25-14)24-8-13(20)17-7-10-2-3-11-12(6-10)23-9-22-11/h2-3,6H,4-5,7-9H2,1H3,(H,16,18)(H,17,20). The number of nitrogens with zero attached hydrogens (tertiary/aromatic N) is 2. The lowest BCUT2D eigenvalue weighted by Gasteiger charge is -2.05. The van der Waals surface area contributed by atoms with Crippen LogP contribution < -0.4 is 20.1 Å². The maximum absolute atomic E-state index is 12.0. The van der Waals surface area contributed by atoms with Crippen LogP contribution in [0.25, 0.3) is 0 Å². The summed E-state index contributed by atoms with van der Waals surface area (Å²) < 4.78 is 16.3. The summed E-state index contributed by atoms with van der Waals surface area (Å²) in [6.45, 7) is 1.96. The Morgan fingerprint density at radius 2 is 2.24 bits per heavy atom. The molecule has 0 fully saturated rings. The predicted octanol–water partition coefficient (Wildman–Crippen LogP) is 1.73. The van der Waals surface area contributed by atoms with Gasteiger partial charge in [-0.15, -0.1) is 10.2 Å². The fourth-order valence-corrected chi connectivity index (χ4v) is 3.64. The van der Waals surface area contributed by atoms with Crippen molar-refractivity contribution < 1.29 is 19.0 Å². The van der Waals surface area contributed by atoms with Gasteiger partial charge in [0.15, 0.2) is 15.8 Å². The third kappa shape index (κ3) is 5.21. The lowest BCUT2D eigenvalue weighted by Crippen LogP contribution is -2.24. The number of thioether (sulfide) groups is 1. The molecule has 3 rings (SSSR count). The Kier molecular flexibility index (Phi) is 6.31. The number of amides is 1. The smallest absolute Gasteiger partial charge is 0.231 e. The molecule has 0 radical (unpaired) electrons. The van der Waals surface area contributed by atoms with Crippen LogP contribution in [-0.4, -0.2) is 48.9 Å². The number of carbonyl (C=O) groups excluding carboxylic acids is 1. The van der Waals surface area contributed by atoms with Gasteiger partial charge in [-0.1, -0.05) is 29.2 Å². The second-order valence-corrected chi connectivity index (χ2v) is 7.25. The molecule has 25 heavy (non-hydrogen) atoms. The van der Waals surface area contributed by atoms with E-state index in [9.17, 15) is 4.79 Å². The Hall–Kier alpha value is -2.04. The first-order valence-corrected chi connectivity index (χ1v) is 9.39. The van der Waals surface area contributed by atoms with E-state index in [0.29, 0.717) is 25.4 Å². The van der Waals surface area contributed by atoms with E-state index in [-0.39, 0.29) is 18.5 Å². The Morgan fingerprint density at radius 3 is 3.12 bits per heavy atom. The summed E-state index contributed by atoms with van der Waals surface area (Å²) in [6, 6.07) is 5.63. The molecular weight excluding hydrogens is 364 g/mol. The summed E-state index contributed by atoms with van der Waals surface area (Å²) in [4.78, 5) is 12.0. The second kappa shape index (κ2) is 8.88. The molecule has 10 heteroatoms. The van der Waals surface area contributed by atoms with Crippen molar-refractivity contribution in [3.8, 4) is 11.5 Å². The topological polar surface area (TPSA) is 94.6 Å². The highest BCUT2D eigenvalue weighted by molar-refractivity contribution is 8.01. The molecule has 2 heterocycles. The van der Waals surface area contributed by atoms with E-state index in [1.165, 1.54) is 23.1 Å². The fourth-order valence-electron chi connectivity index (χ4n) is 2.03. The van der Waals surface area contributed by atoms with E-state index in [0.717, 1.165) is 20.8 Å². The zero-order valence-corrected chi connectivity index (χ0v) is 15.2. The minimum absolute atomic E-state index is 0.0632. The van der Waals surface area contributed by atoms with Crippen LogP contribution in [0.15, 0.2) is 22.5 Å². The molecular formula is C15H18N4O4S2. The molecule has 2 N–H and O–H groups in total. The molecule has 0 saturated heterocycles. The number of carbonyl (C=O) groups is 1. The van der Waals surface area contributed by atoms with Crippen molar-refractivity contribution in [2.24, 2.45) is 0 Å². The van der Waals surface area contributed by atoms with Gasteiger partial charge in [-0.05, 0) is 17.7 Å². The second-order valence-electron chi connectivity index (χ2n) is 5.05. The highest BCUT2D eigenvalue weighted by Gasteiger charge is 2.13. The van der Waals surface area contributed by atoms with Crippen molar-refractivity contribution in [3.05, 3.63) is 23.8 Å². The maximum atomic E-state index is 12.0. The molecule has 0 saturated carbocycles. The van der Waals surface area contributed by atoms with Crippen molar-refractivity contribution in [3.63, 3.8) is 0 Å². The van der Waals surface area contributed by atoms with Gasteiger partial charge in [-0.3, -0.25) is 4.79 Å². The van der Waals surface area contributed by atoms with Gasteiger partial charge in [-0.2, -0.15) is 0 Å². The van der Waals surface area contributed by atoms with Crippen LogP contribution in [0.2, 0.25) is 0 Å². The molecule has 2 aromatic rings. The summed E-state index contributed by atoms with van der Waals surface area (Å²) in [5.41, 5.74) is 0.961. The van der Waals surface area contributed by atoms with Crippen molar-refractivity contribution in [2.75, 3.05) is 38.1 Å². The van der Waals surface area contributed by atoms with E-state index in [4.69, 9.17) is 14.2 Å². The number of anilines is 1. The molecule has 0 atom stereocenters. The van der Waals surface area contributed by atoms with Gasteiger partial charge in [-0.25, -0.2) is 0 Å². The number of hydrogen-bond donors (Lipinski definition) is 2. The number of aromatic nitrogens is 2. The van der Waals surface area contributed by atoms with Gasteiger partial charge in [0, 0.05) is 20.2 Å². The molecule has 1 aliphatic rings. The van der Waals surface area contributed by atoms with Gasteiger partial charge in [0.25, 0.3) is 0 Å². The minimum Gasteiger partial charge on any atom is -0.454 e. The predicted molar refractivity (Wildman–Crippen MR) is 95.4 cm³/mol. The lowest BCUT2D eigenvalue weighted by atomic mass is 10.2. The Bertz CT molecular complexity index is 725. The number of rotatable bonds is 9. The molecule has 1 amide bonds. The number of fused-ring (bicyclic) bond motifs is 1. The zero-order valence-electron chi connectivity index (χ0n) is 13.6. The first-order valence-electron chi connectivity index (χ1n) is 7.59. The molecule has 8 nitrogen and oxygen atoms in total. The number of ether oxygens (including phenoxy) is 3. The highest BCUT2D eigenvalue weighted by atomic mass is 32.2. The van der Waals surface area contributed by atoms with Gasteiger partial charge in [0.05, 0.1) is 12.4 Å². The molecule has 134 valence electrons. The number of methoxy groups -OCH3 is 1. The quantitative estimate of drug-likeness (QED) is 0.500. The molecule has 0 aliphatic carbocycles. The van der Waals surface area contributed by atoms with Gasteiger partial charge >= 0.3 is 0 Å². The Morgan fingerprint density at radius 1 is 1.36 bits per heavy atom. The van der Waals surface area contributed by atoms with Crippen LogP contribution in [0, 0.1) is 0 Å². The van der Waals surface area contributed by atoms with Crippen LogP contribution in [0.5, 0.6) is 11.5 Å². The molecule has 0 bridgehead atoms. The maximum Gasteiger partial charge on any atom is 0.231 e. The third-order valence-electron chi connectivity index (χ3n) is 3.24. The van der Waals surface area contributed by atoms with E-state index in [1.807, 2.05) is 18.2 Å². The van der Waals surface area contributed by atoms with Crippen LogP contribution >= 0.6 is 23.1 Å². The summed E-state index contributed by atoms with van der Waals surface area (Å²) in [7, 11) is 1.64. The normalized spacial score (nSPS) is 12.2. The average molecular weight is 382 g/mol. The van der Waals surface area contributed by atoms with Gasteiger partial charge < -0.3 is 24.8 Å². The third-order valence-corrected chi connectivity index (χ3v) is 5.26. The molecule has 0 unspecified atom stereocenters. The number of nitrogens with one attached hydrogen (secondary N) is 2. The van der Waals surface area contributed by atoms with Crippen LogP contribution in [0.3, 0.4) is 0 Å². The summed E-state index contributed by atoms with van der Waals surface area (Å²) in [5.74, 6) is 1.67. The van der Waals surface area contributed by atoms with Crippen LogP contribution in [0.1, 0.15) is 5.56 Å². The van der Waals surface area contributed by atoms with E-state index >= 15 is 0 Å². The summed E-state index contributed by atoms with van der Waals surface area (Å²) >= 11 is 2.78. The SMILES string of the molecule is COCCNc1nnc(SCC(=O)NCc2ccc3c(c2)OCO3)s1. The van der Waals surface area contributed by atoms with Gasteiger partial charge in [0.2, 0.25) is 17.8 Å². The monoisotopic (exact) mass is 382 g/mol. The van der Waals surface area contributed by atoms with Crippen molar-refractivity contribution in [1.29, 1.82) is 0 Å². The molecule has 1 aromatic carbocycles. The van der Waals surface area contributed by atoms with E-state index in [2.05, 4.69) is 20.8 Å². The van der Waals surface area contributed by atoms with E-state index in [1.54, 1.807) is 7.11 Å². The van der Waals surface area contributed by atoms with Crippen LogP contribution in [-0.2, 0) is 16.1 Å². The van der Waals surface area contributed by atoms with Crippen molar-refractivity contribution >= 4 is 34.1 Å². The van der Waals surface area contributed by atoms with Crippen LogP contribution in [0.4, 0.5) is 5.13 Å².